The van der Waals surface area contributed by atoms with Crippen LogP contribution in [0, 0.1) is 11.3 Å². The zero-order valence-electron chi connectivity index (χ0n) is 15.0. The van der Waals surface area contributed by atoms with Gasteiger partial charge in [-0.2, -0.15) is 23.5 Å². The number of nitriles is 1. The smallest absolute Gasteiger partial charge is 0.376 e. The van der Waals surface area contributed by atoms with E-state index in [0.717, 1.165) is 0 Å². The van der Waals surface area contributed by atoms with Gasteiger partial charge in [0, 0.05) is 24.7 Å². The molecule has 0 aromatic carbocycles. The first kappa shape index (κ1) is 19.1. The first-order chi connectivity index (χ1) is 13.7. The summed E-state index contributed by atoms with van der Waals surface area (Å²) in [4.78, 5) is 21.7. The minimum Gasteiger partial charge on any atom is -0.376 e. The molecule has 0 spiro atoms. The molecule has 1 amide bonds. The number of fused-ring (bicyclic) bond motifs is 1. The van der Waals surface area contributed by atoms with E-state index in [1.54, 1.807) is 0 Å². The summed E-state index contributed by atoms with van der Waals surface area (Å²) in [7, 11) is 0. The highest BCUT2D eigenvalue weighted by Crippen LogP contribution is 2.49. The van der Waals surface area contributed by atoms with Crippen molar-refractivity contribution in [2.24, 2.45) is 0 Å². The molecule has 0 bridgehead atoms. The van der Waals surface area contributed by atoms with Gasteiger partial charge in [0.25, 0.3) is 0 Å². The summed E-state index contributed by atoms with van der Waals surface area (Å²) in [6, 6.07) is 1.89. The number of hydrogen-bond donors (Lipinski definition) is 3. The van der Waals surface area contributed by atoms with Gasteiger partial charge in [-0.25, -0.2) is 9.97 Å². The highest BCUT2D eigenvalue weighted by Gasteiger charge is 2.61. The van der Waals surface area contributed by atoms with Crippen LogP contribution in [0.1, 0.15) is 42.1 Å². The summed E-state index contributed by atoms with van der Waals surface area (Å²) in [6.07, 6.45) is -2.31. The third-order valence-electron chi connectivity index (χ3n) is 5.33. The summed E-state index contributed by atoms with van der Waals surface area (Å²) in [5, 5.41) is 27.9. The summed E-state index contributed by atoms with van der Waals surface area (Å²) >= 11 is 0. The third-order valence-corrected chi connectivity index (χ3v) is 5.33. The van der Waals surface area contributed by atoms with Crippen molar-refractivity contribution < 1.29 is 23.1 Å². The minimum atomic E-state index is -5.02. The molecule has 1 atom stereocenters. The molecule has 0 radical (unpaired) electrons. The van der Waals surface area contributed by atoms with E-state index in [0.29, 0.717) is 31.7 Å². The molecule has 2 aliphatic rings. The molecule has 0 aliphatic carbocycles. The van der Waals surface area contributed by atoms with Crippen LogP contribution in [0.3, 0.4) is 0 Å². The Morgan fingerprint density at radius 3 is 2.59 bits per heavy atom. The molecular formula is C17H16F3N7O2. The Labute approximate surface area is 162 Å². The number of amides is 1. The van der Waals surface area contributed by atoms with Gasteiger partial charge in [-0.05, 0) is 12.8 Å². The van der Waals surface area contributed by atoms with Gasteiger partial charge in [0.05, 0.1) is 24.4 Å². The van der Waals surface area contributed by atoms with E-state index in [4.69, 9.17) is 5.26 Å². The number of carbonyl (C=O) groups is 1. The maximum Gasteiger partial charge on any atom is 0.422 e. The Hall–Kier alpha value is -3.20. The van der Waals surface area contributed by atoms with Crippen molar-refractivity contribution in [2.75, 3.05) is 23.3 Å². The number of piperidine rings is 1. The molecule has 2 aliphatic heterocycles. The first-order valence-electron chi connectivity index (χ1n) is 8.87. The number of aliphatic hydroxyl groups is 1. The van der Waals surface area contributed by atoms with Crippen molar-refractivity contribution in [1.82, 2.24) is 20.2 Å². The molecule has 0 saturated carbocycles. The average molecular weight is 407 g/mol. The summed E-state index contributed by atoms with van der Waals surface area (Å²) in [6.45, 7) is 0.992. The van der Waals surface area contributed by atoms with Crippen molar-refractivity contribution in [3.8, 4) is 6.07 Å². The van der Waals surface area contributed by atoms with Crippen LogP contribution in [-0.2, 0) is 10.4 Å². The second-order valence-corrected chi connectivity index (χ2v) is 7.08. The monoisotopic (exact) mass is 407 g/mol. The Balaban J connectivity index is 1.57. The van der Waals surface area contributed by atoms with Gasteiger partial charge >= 0.3 is 6.18 Å². The van der Waals surface area contributed by atoms with E-state index in [1.165, 1.54) is 12.4 Å². The molecule has 29 heavy (non-hydrogen) atoms. The number of hydrogen-bond acceptors (Lipinski definition) is 7. The van der Waals surface area contributed by atoms with E-state index >= 15 is 0 Å². The number of aromatic nitrogens is 4. The van der Waals surface area contributed by atoms with E-state index in [9.17, 15) is 23.1 Å². The Morgan fingerprint density at radius 2 is 2.00 bits per heavy atom. The van der Waals surface area contributed by atoms with Gasteiger partial charge in [-0.3, -0.25) is 9.89 Å². The second-order valence-electron chi connectivity index (χ2n) is 7.08. The zero-order valence-corrected chi connectivity index (χ0v) is 15.0. The lowest BCUT2D eigenvalue weighted by Crippen LogP contribution is -2.49. The number of rotatable bonds is 2. The van der Waals surface area contributed by atoms with Crippen molar-refractivity contribution >= 4 is 17.5 Å². The minimum absolute atomic E-state index is 0.186. The van der Waals surface area contributed by atoms with Crippen molar-refractivity contribution in [1.29, 1.82) is 5.26 Å². The number of halogens is 3. The van der Waals surface area contributed by atoms with Crippen molar-refractivity contribution in [3.05, 3.63) is 29.3 Å². The number of aromatic amines is 1. The maximum atomic E-state index is 13.6. The molecular weight excluding hydrogens is 391 g/mol. The van der Waals surface area contributed by atoms with Gasteiger partial charge in [0.15, 0.2) is 17.1 Å². The van der Waals surface area contributed by atoms with Gasteiger partial charge in [0.1, 0.15) is 11.9 Å². The van der Waals surface area contributed by atoms with Crippen LogP contribution in [0.15, 0.2) is 12.4 Å². The van der Waals surface area contributed by atoms with Crippen LogP contribution < -0.4 is 10.2 Å². The predicted molar refractivity (Wildman–Crippen MR) is 92.7 cm³/mol. The SMILES string of the molecule is N#Cc1cnc(N2CCC(c3[nH]nc4c3C(O)(C(F)(F)F)CC(=O)N4)CC2)cn1. The Bertz CT molecular complexity index is 974. The number of carbonyl (C=O) groups excluding carboxylic acids is 1. The lowest BCUT2D eigenvalue weighted by Gasteiger charge is -2.36. The van der Waals surface area contributed by atoms with Crippen molar-refractivity contribution in [2.45, 2.75) is 37.0 Å². The van der Waals surface area contributed by atoms with Gasteiger partial charge in [-0.15, -0.1) is 0 Å². The van der Waals surface area contributed by atoms with Crippen LogP contribution in [0.25, 0.3) is 0 Å². The largest absolute Gasteiger partial charge is 0.422 e. The Morgan fingerprint density at radius 1 is 1.28 bits per heavy atom. The van der Waals surface area contributed by atoms with Gasteiger partial charge in [0.2, 0.25) is 5.91 Å². The summed E-state index contributed by atoms with van der Waals surface area (Å²) < 4.78 is 40.9. The number of nitrogens with zero attached hydrogens (tertiary/aromatic N) is 5. The van der Waals surface area contributed by atoms with E-state index in [2.05, 4.69) is 25.5 Å². The fraction of sp³-hybridized carbons (Fsp3) is 0.471. The average Bonchev–Trinajstić information content (AvgIpc) is 3.12. The fourth-order valence-electron chi connectivity index (χ4n) is 3.84. The normalized spacial score (nSPS) is 22.7. The van der Waals surface area contributed by atoms with E-state index in [1.807, 2.05) is 11.0 Å². The number of H-pyrrole nitrogens is 1. The van der Waals surface area contributed by atoms with Gasteiger partial charge in [-0.1, -0.05) is 0 Å². The topological polar surface area (TPSA) is 131 Å². The Kier molecular flexibility index (Phi) is 4.42. The number of nitrogens with one attached hydrogen (secondary N) is 2. The highest BCUT2D eigenvalue weighted by atomic mass is 19.4. The molecule has 3 N–H and O–H groups in total. The van der Waals surface area contributed by atoms with E-state index < -0.39 is 29.7 Å². The summed E-state index contributed by atoms with van der Waals surface area (Å²) in [5.74, 6) is -0.952. The molecule has 152 valence electrons. The van der Waals surface area contributed by atoms with Crippen LogP contribution in [0.4, 0.5) is 24.8 Å². The zero-order chi connectivity index (χ0) is 20.8. The predicted octanol–water partition coefficient (Wildman–Crippen LogP) is 1.55. The molecule has 12 heteroatoms. The van der Waals surface area contributed by atoms with Crippen LogP contribution in [-0.4, -0.2) is 50.4 Å². The molecule has 4 heterocycles. The highest BCUT2D eigenvalue weighted by molar-refractivity contribution is 5.94. The van der Waals surface area contributed by atoms with E-state index in [-0.39, 0.29) is 23.1 Å². The summed E-state index contributed by atoms with van der Waals surface area (Å²) in [5.41, 5.74) is -3.30. The molecule has 1 fully saturated rings. The molecule has 2 aromatic rings. The number of anilines is 2. The number of alkyl halides is 3. The quantitative estimate of drug-likeness (QED) is 0.688. The molecule has 1 saturated heterocycles. The van der Waals surface area contributed by atoms with Crippen LogP contribution in [0.5, 0.6) is 0 Å². The lowest BCUT2D eigenvalue weighted by atomic mass is 9.81. The lowest BCUT2D eigenvalue weighted by molar-refractivity contribution is -0.267. The standard InChI is InChI=1S/C17H16F3N7O2/c18-17(19,20)16(29)5-12(28)24-15-13(16)14(25-26-15)9-1-3-27(4-2-9)11-8-22-10(6-21)7-23-11/h7-9,29H,1-5H2,(H2,24,25,26,28). The molecule has 9 nitrogen and oxygen atoms in total. The molecule has 1 unspecified atom stereocenters. The second kappa shape index (κ2) is 6.70. The molecule has 2 aromatic heterocycles. The van der Waals surface area contributed by atoms with Crippen molar-refractivity contribution in [3.63, 3.8) is 0 Å². The maximum absolute atomic E-state index is 13.6. The van der Waals surface area contributed by atoms with Gasteiger partial charge < -0.3 is 15.3 Å². The molecule has 4 rings (SSSR count). The fourth-order valence-corrected chi connectivity index (χ4v) is 3.84. The van der Waals surface area contributed by atoms with Crippen LogP contribution >= 0.6 is 0 Å². The first-order valence-corrected chi connectivity index (χ1v) is 8.87. The van der Waals surface area contributed by atoms with Crippen LogP contribution in [0.2, 0.25) is 0 Å². The third kappa shape index (κ3) is 3.17.